The van der Waals surface area contributed by atoms with Crippen molar-refractivity contribution < 1.29 is 5.11 Å². The number of anilines is 2. The van der Waals surface area contributed by atoms with Gasteiger partial charge >= 0.3 is 0 Å². The SMILES string of the molecule is CC1Cc2ccccc2N1c1ccnc(CO)n1. The van der Waals surface area contributed by atoms with Crippen LogP contribution in [0.4, 0.5) is 11.5 Å². The predicted octanol–water partition coefficient (Wildman–Crippen LogP) is 2.05. The quantitative estimate of drug-likeness (QED) is 0.874. The van der Waals surface area contributed by atoms with Gasteiger partial charge in [0.1, 0.15) is 12.4 Å². The van der Waals surface area contributed by atoms with Gasteiger partial charge in [0.25, 0.3) is 0 Å². The molecule has 1 aliphatic rings. The molecule has 1 N–H and O–H groups in total. The van der Waals surface area contributed by atoms with E-state index in [1.54, 1.807) is 6.20 Å². The van der Waals surface area contributed by atoms with Gasteiger partial charge in [0, 0.05) is 17.9 Å². The van der Waals surface area contributed by atoms with E-state index >= 15 is 0 Å². The molecule has 1 atom stereocenters. The highest BCUT2D eigenvalue weighted by Crippen LogP contribution is 2.36. The fourth-order valence-corrected chi connectivity index (χ4v) is 2.51. The number of aliphatic hydroxyl groups is 1. The molecule has 0 amide bonds. The highest BCUT2D eigenvalue weighted by molar-refractivity contribution is 5.68. The molecule has 1 aliphatic heterocycles. The Hall–Kier alpha value is -1.94. The number of hydrogen-bond donors (Lipinski definition) is 1. The first kappa shape index (κ1) is 11.2. The standard InChI is InChI=1S/C14H15N3O/c1-10-8-11-4-2-3-5-12(11)17(10)14-6-7-15-13(9-18)16-14/h2-7,10,18H,8-9H2,1H3. The minimum atomic E-state index is -0.127. The van der Waals surface area contributed by atoms with Crippen LogP contribution in [0.1, 0.15) is 18.3 Å². The molecule has 0 spiro atoms. The van der Waals surface area contributed by atoms with Crippen molar-refractivity contribution in [2.24, 2.45) is 0 Å². The van der Waals surface area contributed by atoms with Gasteiger partial charge in [-0.25, -0.2) is 9.97 Å². The molecule has 0 saturated heterocycles. The van der Waals surface area contributed by atoms with Gasteiger partial charge in [0.2, 0.25) is 0 Å². The number of benzene rings is 1. The number of hydrogen-bond acceptors (Lipinski definition) is 4. The average molecular weight is 241 g/mol. The molecule has 1 unspecified atom stereocenters. The summed E-state index contributed by atoms with van der Waals surface area (Å²) in [6, 6.07) is 10.6. The van der Waals surface area contributed by atoms with Crippen LogP contribution in [0.3, 0.4) is 0 Å². The Morgan fingerprint density at radius 3 is 3.00 bits per heavy atom. The number of fused-ring (bicyclic) bond motifs is 1. The predicted molar refractivity (Wildman–Crippen MR) is 69.7 cm³/mol. The van der Waals surface area contributed by atoms with Gasteiger partial charge in [-0.3, -0.25) is 0 Å². The van der Waals surface area contributed by atoms with Crippen molar-refractivity contribution in [3.8, 4) is 0 Å². The molecule has 0 fully saturated rings. The first-order valence-corrected chi connectivity index (χ1v) is 6.09. The average Bonchev–Trinajstić information content (AvgIpc) is 2.74. The van der Waals surface area contributed by atoms with Crippen LogP contribution in [-0.2, 0) is 13.0 Å². The van der Waals surface area contributed by atoms with Crippen LogP contribution in [0.25, 0.3) is 0 Å². The lowest BCUT2D eigenvalue weighted by molar-refractivity contribution is 0.271. The summed E-state index contributed by atoms with van der Waals surface area (Å²) in [5, 5.41) is 9.12. The minimum absolute atomic E-state index is 0.127. The topological polar surface area (TPSA) is 49.2 Å². The van der Waals surface area contributed by atoms with Crippen molar-refractivity contribution >= 4 is 11.5 Å². The number of rotatable bonds is 2. The van der Waals surface area contributed by atoms with Gasteiger partial charge in [-0.15, -0.1) is 0 Å². The lowest BCUT2D eigenvalue weighted by Crippen LogP contribution is -2.25. The van der Waals surface area contributed by atoms with Gasteiger partial charge in [-0.2, -0.15) is 0 Å². The van der Waals surface area contributed by atoms with Crippen LogP contribution in [-0.4, -0.2) is 21.1 Å². The van der Waals surface area contributed by atoms with E-state index in [1.807, 2.05) is 12.1 Å². The lowest BCUT2D eigenvalue weighted by Gasteiger charge is -2.23. The molecule has 0 saturated carbocycles. The smallest absolute Gasteiger partial charge is 0.156 e. The molecule has 4 nitrogen and oxygen atoms in total. The molecule has 1 aromatic heterocycles. The number of aromatic nitrogens is 2. The molecule has 0 bridgehead atoms. The van der Waals surface area contributed by atoms with Crippen LogP contribution < -0.4 is 4.90 Å². The summed E-state index contributed by atoms with van der Waals surface area (Å²) in [5.41, 5.74) is 2.54. The van der Waals surface area contributed by atoms with Crippen LogP contribution in [0.2, 0.25) is 0 Å². The Labute approximate surface area is 106 Å². The summed E-state index contributed by atoms with van der Waals surface area (Å²) >= 11 is 0. The van der Waals surface area contributed by atoms with Crippen molar-refractivity contribution in [2.45, 2.75) is 26.0 Å². The molecule has 4 heteroatoms. The van der Waals surface area contributed by atoms with E-state index in [0.29, 0.717) is 11.9 Å². The van der Waals surface area contributed by atoms with E-state index in [2.05, 4.69) is 40.0 Å². The second kappa shape index (κ2) is 4.38. The van der Waals surface area contributed by atoms with Crippen molar-refractivity contribution in [3.05, 3.63) is 47.9 Å². The summed E-state index contributed by atoms with van der Waals surface area (Å²) in [6.45, 7) is 2.05. The molecule has 1 aromatic carbocycles. The molecule has 3 rings (SSSR count). The molecule has 2 heterocycles. The molecular formula is C14H15N3O. The number of aliphatic hydroxyl groups excluding tert-OH is 1. The van der Waals surface area contributed by atoms with E-state index < -0.39 is 0 Å². The third-order valence-corrected chi connectivity index (χ3v) is 3.29. The van der Waals surface area contributed by atoms with Crippen LogP contribution in [0.5, 0.6) is 0 Å². The maximum absolute atomic E-state index is 9.12. The Balaban J connectivity index is 2.06. The maximum atomic E-state index is 9.12. The monoisotopic (exact) mass is 241 g/mol. The molecule has 18 heavy (non-hydrogen) atoms. The summed E-state index contributed by atoms with van der Waals surface area (Å²) in [6.07, 6.45) is 2.72. The van der Waals surface area contributed by atoms with Crippen molar-refractivity contribution in [1.82, 2.24) is 9.97 Å². The lowest BCUT2D eigenvalue weighted by atomic mass is 10.1. The van der Waals surface area contributed by atoms with Crippen molar-refractivity contribution in [2.75, 3.05) is 4.90 Å². The number of nitrogens with zero attached hydrogens (tertiary/aromatic N) is 3. The third-order valence-electron chi connectivity index (χ3n) is 3.29. The first-order valence-electron chi connectivity index (χ1n) is 6.09. The van der Waals surface area contributed by atoms with Crippen LogP contribution >= 0.6 is 0 Å². The van der Waals surface area contributed by atoms with Gasteiger partial charge in [-0.05, 0) is 31.0 Å². The Kier molecular flexibility index (Phi) is 2.72. The van der Waals surface area contributed by atoms with Crippen molar-refractivity contribution in [3.63, 3.8) is 0 Å². The molecule has 92 valence electrons. The van der Waals surface area contributed by atoms with Gasteiger partial charge in [0.05, 0.1) is 0 Å². The Morgan fingerprint density at radius 1 is 1.33 bits per heavy atom. The van der Waals surface area contributed by atoms with Gasteiger partial charge in [0.15, 0.2) is 5.82 Å². The molecule has 0 aliphatic carbocycles. The normalized spacial score (nSPS) is 17.9. The zero-order valence-electron chi connectivity index (χ0n) is 10.2. The van der Waals surface area contributed by atoms with E-state index in [0.717, 1.165) is 12.2 Å². The van der Waals surface area contributed by atoms with E-state index in [4.69, 9.17) is 5.11 Å². The molecule has 0 radical (unpaired) electrons. The minimum Gasteiger partial charge on any atom is -0.388 e. The Morgan fingerprint density at radius 2 is 2.17 bits per heavy atom. The third kappa shape index (κ3) is 1.75. The van der Waals surface area contributed by atoms with Crippen molar-refractivity contribution in [1.29, 1.82) is 0 Å². The maximum Gasteiger partial charge on any atom is 0.156 e. The Bertz CT molecular complexity index is 570. The number of para-hydroxylation sites is 1. The van der Waals surface area contributed by atoms with Gasteiger partial charge < -0.3 is 10.0 Å². The second-order valence-electron chi connectivity index (χ2n) is 4.54. The molecular weight excluding hydrogens is 226 g/mol. The summed E-state index contributed by atoms with van der Waals surface area (Å²) < 4.78 is 0. The zero-order valence-corrected chi connectivity index (χ0v) is 10.2. The van der Waals surface area contributed by atoms with E-state index in [9.17, 15) is 0 Å². The fourth-order valence-electron chi connectivity index (χ4n) is 2.51. The zero-order chi connectivity index (χ0) is 12.5. The van der Waals surface area contributed by atoms with Crippen LogP contribution in [0, 0.1) is 0 Å². The first-order chi connectivity index (χ1) is 8.79. The summed E-state index contributed by atoms with van der Waals surface area (Å²) in [7, 11) is 0. The second-order valence-corrected chi connectivity index (χ2v) is 4.54. The largest absolute Gasteiger partial charge is 0.388 e. The highest BCUT2D eigenvalue weighted by Gasteiger charge is 2.27. The van der Waals surface area contributed by atoms with Crippen LogP contribution in [0.15, 0.2) is 36.5 Å². The summed E-state index contributed by atoms with van der Waals surface area (Å²) in [4.78, 5) is 10.6. The highest BCUT2D eigenvalue weighted by atomic mass is 16.3. The van der Waals surface area contributed by atoms with Gasteiger partial charge in [-0.1, -0.05) is 18.2 Å². The molecule has 2 aromatic rings. The summed E-state index contributed by atoms with van der Waals surface area (Å²) in [5.74, 6) is 1.32. The van der Waals surface area contributed by atoms with E-state index in [-0.39, 0.29) is 6.61 Å². The van der Waals surface area contributed by atoms with E-state index in [1.165, 1.54) is 11.3 Å². The fraction of sp³-hybridized carbons (Fsp3) is 0.286.